The van der Waals surface area contributed by atoms with Crippen LogP contribution in [0.15, 0.2) is 23.1 Å². The highest BCUT2D eigenvalue weighted by molar-refractivity contribution is 5.94. The number of rotatable bonds is 1. The summed E-state index contributed by atoms with van der Waals surface area (Å²) in [5, 5.41) is 0.144. The number of pyridine rings is 1. The fourth-order valence-corrected chi connectivity index (χ4v) is 1.73. The standard InChI is InChI=1S/C12H10FNO3/c1-6-3-7(13)4-8-10(6)14-5-9(11(8)15)12(16)17-2/h3-5H,1-2H3,(H,14,15). The molecular formula is C12H10FNO3. The Morgan fingerprint density at radius 2 is 2.12 bits per heavy atom. The predicted octanol–water partition coefficient (Wildman–Crippen LogP) is 1.76. The quantitative estimate of drug-likeness (QED) is 0.766. The molecule has 1 aromatic carbocycles. The molecule has 0 spiro atoms. The fraction of sp³-hybridized carbons (Fsp3) is 0.167. The van der Waals surface area contributed by atoms with E-state index in [0.717, 1.165) is 6.07 Å². The third-order valence-corrected chi connectivity index (χ3v) is 2.56. The summed E-state index contributed by atoms with van der Waals surface area (Å²) in [6.07, 6.45) is 1.28. The van der Waals surface area contributed by atoms with Gasteiger partial charge in [0, 0.05) is 11.6 Å². The summed E-state index contributed by atoms with van der Waals surface area (Å²) < 4.78 is 17.7. The highest BCUT2D eigenvalue weighted by atomic mass is 19.1. The minimum Gasteiger partial charge on any atom is -0.465 e. The van der Waals surface area contributed by atoms with Gasteiger partial charge in [-0.2, -0.15) is 0 Å². The molecule has 4 nitrogen and oxygen atoms in total. The minimum atomic E-state index is -0.741. The van der Waals surface area contributed by atoms with Gasteiger partial charge in [0.15, 0.2) is 0 Å². The predicted molar refractivity (Wildman–Crippen MR) is 60.6 cm³/mol. The van der Waals surface area contributed by atoms with Crippen molar-refractivity contribution in [3.05, 3.63) is 45.5 Å². The molecule has 0 aliphatic heterocycles. The SMILES string of the molecule is COC(=O)c1c[nH]c2c(C)cc(F)cc2c1=O. The van der Waals surface area contributed by atoms with Crippen molar-refractivity contribution < 1.29 is 13.9 Å². The van der Waals surface area contributed by atoms with Crippen LogP contribution < -0.4 is 5.43 Å². The Balaban J connectivity index is 2.85. The molecule has 0 amide bonds. The maximum absolute atomic E-state index is 13.2. The van der Waals surface area contributed by atoms with Crippen LogP contribution in [0, 0.1) is 12.7 Å². The molecule has 0 aliphatic rings. The molecule has 1 heterocycles. The first-order valence-corrected chi connectivity index (χ1v) is 4.94. The van der Waals surface area contributed by atoms with Crippen molar-refractivity contribution in [1.29, 1.82) is 0 Å². The summed E-state index contributed by atoms with van der Waals surface area (Å²) in [7, 11) is 1.18. The molecule has 2 aromatic rings. The third-order valence-electron chi connectivity index (χ3n) is 2.56. The number of benzene rings is 1. The van der Waals surface area contributed by atoms with E-state index < -0.39 is 17.2 Å². The summed E-state index contributed by atoms with van der Waals surface area (Å²) in [6, 6.07) is 2.42. The monoisotopic (exact) mass is 235 g/mol. The van der Waals surface area contributed by atoms with Gasteiger partial charge in [-0.1, -0.05) is 0 Å². The van der Waals surface area contributed by atoms with E-state index in [1.54, 1.807) is 6.92 Å². The topological polar surface area (TPSA) is 59.2 Å². The van der Waals surface area contributed by atoms with Gasteiger partial charge in [-0.25, -0.2) is 9.18 Å². The van der Waals surface area contributed by atoms with E-state index >= 15 is 0 Å². The number of ether oxygens (including phenoxy) is 1. The van der Waals surface area contributed by atoms with Crippen molar-refractivity contribution in [1.82, 2.24) is 4.98 Å². The second-order valence-corrected chi connectivity index (χ2v) is 3.67. The van der Waals surface area contributed by atoms with Gasteiger partial charge in [-0.05, 0) is 24.6 Å². The Labute approximate surface area is 96.0 Å². The highest BCUT2D eigenvalue weighted by Gasteiger charge is 2.14. The maximum Gasteiger partial charge on any atom is 0.343 e. The maximum atomic E-state index is 13.2. The summed E-state index contributed by atoms with van der Waals surface area (Å²) in [6.45, 7) is 1.68. The van der Waals surface area contributed by atoms with E-state index in [9.17, 15) is 14.0 Å². The average Bonchev–Trinajstić information content (AvgIpc) is 2.29. The van der Waals surface area contributed by atoms with Crippen LogP contribution in [0.2, 0.25) is 0 Å². The van der Waals surface area contributed by atoms with Crippen molar-refractivity contribution in [2.45, 2.75) is 6.92 Å². The molecule has 1 aromatic heterocycles. The third kappa shape index (κ3) is 1.80. The molecule has 17 heavy (non-hydrogen) atoms. The largest absolute Gasteiger partial charge is 0.465 e. The van der Waals surface area contributed by atoms with Crippen LogP contribution in [0.1, 0.15) is 15.9 Å². The number of carbonyl (C=O) groups excluding carboxylic acids is 1. The molecule has 0 saturated carbocycles. The van der Waals surface area contributed by atoms with Crippen LogP contribution in [0.3, 0.4) is 0 Å². The summed E-state index contributed by atoms with van der Waals surface area (Å²) in [4.78, 5) is 26.1. The van der Waals surface area contributed by atoms with Crippen LogP contribution in [0.5, 0.6) is 0 Å². The molecule has 0 atom stereocenters. The van der Waals surface area contributed by atoms with Crippen molar-refractivity contribution in [2.24, 2.45) is 0 Å². The zero-order valence-corrected chi connectivity index (χ0v) is 9.33. The fourth-order valence-electron chi connectivity index (χ4n) is 1.73. The number of hydrogen-bond donors (Lipinski definition) is 1. The molecule has 0 unspecified atom stereocenters. The van der Waals surface area contributed by atoms with Crippen molar-refractivity contribution >= 4 is 16.9 Å². The molecule has 2 rings (SSSR count). The van der Waals surface area contributed by atoms with Gasteiger partial charge in [-0.3, -0.25) is 4.79 Å². The van der Waals surface area contributed by atoms with Gasteiger partial charge < -0.3 is 9.72 Å². The van der Waals surface area contributed by atoms with E-state index in [1.165, 1.54) is 19.4 Å². The van der Waals surface area contributed by atoms with Gasteiger partial charge >= 0.3 is 5.97 Å². The Bertz CT molecular complexity index is 661. The lowest BCUT2D eigenvalue weighted by atomic mass is 10.1. The van der Waals surface area contributed by atoms with Crippen LogP contribution in [0.25, 0.3) is 10.9 Å². The number of aryl methyl sites for hydroxylation is 1. The smallest absolute Gasteiger partial charge is 0.343 e. The van der Waals surface area contributed by atoms with Gasteiger partial charge in [0.25, 0.3) is 0 Å². The number of fused-ring (bicyclic) bond motifs is 1. The Hall–Kier alpha value is -2.17. The van der Waals surface area contributed by atoms with E-state index in [0.29, 0.717) is 11.1 Å². The van der Waals surface area contributed by atoms with Crippen LogP contribution in [-0.4, -0.2) is 18.1 Å². The molecular weight excluding hydrogens is 225 g/mol. The normalized spacial score (nSPS) is 10.5. The second kappa shape index (κ2) is 4.01. The van der Waals surface area contributed by atoms with Crippen LogP contribution in [-0.2, 0) is 4.74 Å². The Kier molecular flexibility index (Phi) is 2.67. The molecule has 0 fully saturated rings. The van der Waals surface area contributed by atoms with Crippen molar-refractivity contribution in [2.75, 3.05) is 7.11 Å². The first-order chi connectivity index (χ1) is 8.04. The lowest BCUT2D eigenvalue weighted by Gasteiger charge is -2.04. The zero-order valence-electron chi connectivity index (χ0n) is 9.33. The van der Waals surface area contributed by atoms with E-state index in [-0.39, 0.29) is 10.9 Å². The number of carbonyl (C=O) groups is 1. The van der Waals surface area contributed by atoms with E-state index in [2.05, 4.69) is 9.72 Å². The first-order valence-electron chi connectivity index (χ1n) is 4.94. The number of esters is 1. The van der Waals surface area contributed by atoms with Gasteiger partial charge in [0.1, 0.15) is 11.4 Å². The molecule has 5 heteroatoms. The lowest BCUT2D eigenvalue weighted by molar-refractivity contribution is 0.0599. The van der Waals surface area contributed by atoms with Gasteiger partial charge in [-0.15, -0.1) is 0 Å². The molecule has 1 N–H and O–H groups in total. The summed E-state index contributed by atoms with van der Waals surface area (Å²) in [5.74, 6) is -1.25. The van der Waals surface area contributed by atoms with E-state index in [1.807, 2.05) is 0 Å². The number of nitrogens with one attached hydrogen (secondary N) is 1. The van der Waals surface area contributed by atoms with Gasteiger partial charge in [0.05, 0.1) is 12.6 Å². The van der Waals surface area contributed by atoms with Crippen molar-refractivity contribution in [3.8, 4) is 0 Å². The lowest BCUT2D eigenvalue weighted by Crippen LogP contribution is -2.17. The highest BCUT2D eigenvalue weighted by Crippen LogP contribution is 2.15. The van der Waals surface area contributed by atoms with Crippen molar-refractivity contribution in [3.63, 3.8) is 0 Å². The Morgan fingerprint density at radius 1 is 1.41 bits per heavy atom. The van der Waals surface area contributed by atoms with Gasteiger partial charge in [0.2, 0.25) is 5.43 Å². The molecule has 0 aliphatic carbocycles. The second-order valence-electron chi connectivity index (χ2n) is 3.67. The van der Waals surface area contributed by atoms with Crippen LogP contribution in [0.4, 0.5) is 4.39 Å². The van der Waals surface area contributed by atoms with E-state index in [4.69, 9.17) is 0 Å². The molecule has 0 saturated heterocycles. The van der Waals surface area contributed by atoms with Crippen LogP contribution >= 0.6 is 0 Å². The summed E-state index contributed by atoms with van der Waals surface area (Å²) in [5.41, 5.74) is 0.454. The Morgan fingerprint density at radius 3 is 2.76 bits per heavy atom. The minimum absolute atomic E-state index is 0.134. The number of halogens is 1. The number of hydrogen-bond acceptors (Lipinski definition) is 3. The number of aromatic nitrogens is 1. The number of methoxy groups -OCH3 is 1. The first kappa shape index (κ1) is 11.3. The zero-order chi connectivity index (χ0) is 12.6. The number of aromatic amines is 1. The summed E-state index contributed by atoms with van der Waals surface area (Å²) >= 11 is 0. The molecule has 0 bridgehead atoms. The number of H-pyrrole nitrogens is 1. The average molecular weight is 235 g/mol. The molecule has 0 radical (unpaired) electrons. The molecule has 88 valence electrons.